The zero-order valence-electron chi connectivity index (χ0n) is 15.4. The van der Waals surface area contributed by atoms with E-state index in [1.54, 1.807) is 0 Å². The number of likely N-dealkylation sites (tertiary alicyclic amines) is 1. The number of carbonyl (C=O) groups is 2. The monoisotopic (exact) mass is 382 g/mol. The number of aryl methyl sites for hydroxylation is 1. The molecule has 0 spiro atoms. The molecule has 27 heavy (non-hydrogen) atoms. The molecule has 1 amide bonds. The number of rotatable bonds is 3. The predicted octanol–water partition coefficient (Wildman–Crippen LogP) is 3.94. The van der Waals surface area contributed by atoms with Crippen LogP contribution < -0.4 is 4.74 Å². The van der Waals surface area contributed by atoms with Crippen LogP contribution in [0.15, 0.2) is 12.1 Å². The van der Waals surface area contributed by atoms with Gasteiger partial charge in [-0.15, -0.1) is 0 Å². The first kappa shape index (κ1) is 19.3. The number of nitrogens with zero attached hydrogens (tertiary/aromatic N) is 1. The van der Waals surface area contributed by atoms with E-state index in [4.69, 9.17) is 4.74 Å². The summed E-state index contributed by atoms with van der Waals surface area (Å²) in [5.74, 6) is -1.61. The summed E-state index contributed by atoms with van der Waals surface area (Å²) in [5, 5.41) is -0.317. The van der Waals surface area contributed by atoms with Gasteiger partial charge in [-0.1, -0.05) is 6.92 Å². The number of fused-ring (bicyclic) bond motifs is 1. The molecule has 3 rings (SSSR count). The van der Waals surface area contributed by atoms with Gasteiger partial charge >= 0.3 is 6.18 Å². The summed E-state index contributed by atoms with van der Waals surface area (Å²) in [6.07, 6.45) is -3.20. The lowest BCUT2D eigenvalue weighted by atomic mass is 9.97. The largest absolute Gasteiger partial charge is 0.496 e. The molecule has 0 bridgehead atoms. The number of methoxy groups -OCH3 is 1. The smallest absolute Gasteiger partial charge is 0.420 e. The van der Waals surface area contributed by atoms with E-state index in [1.807, 2.05) is 0 Å². The van der Waals surface area contributed by atoms with Gasteiger partial charge in [-0.2, -0.15) is 13.2 Å². The number of alkyl halides is 3. The number of ketones is 1. The average Bonchev–Trinajstić information content (AvgIpc) is 2.94. The predicted molar refractivity (Wildman–Crippen MR) is 93.9 cm³/mol. The minimum Gasteiger partial charge on any atom is -0.496 e. The first-order valence-electron chi connectivity index (χ1n) is 8.75. The number of benzene rings is 1. The number of aromatic amines is 1. The molecule has 8 heteroatoms. The molecule has 5 nitrogen and oxygen atoms in total. The van der Waals surface area contributed by atoms with Crippen molar-refractivity contribution in [3.63, 3.8) is 0 Å². The molecule has 1 saturated heterocycles. The maximum atomic E-state index is 13.7. The van der Waals surface area contributed by atoms with Crippen LogP contribution in [0.25, 0.3) is 10.9 Å². The molecule has 0 saturated carbocycles. The standard InChI is InChI=1S/C19H21F3N2O3/c1-10-6-8-24(9-7-10)18(26)17(25)14-11(2)23-12-4-5-13(27-3)16(15(12)14)19(20,21)22/h4-5,10,23H,6-9H2,1-3H3. The number of H-pyrrole nitrogens is 1. The maximum Gasteiger partial charge on any atom is 0.420 e. The highest BCUT2D eigenvalue weighted by atomic mass is 19.4. The van der Waals surface area contributed by atoms with Crippen molar-refractivity contribution < 1.29 is 27.5 Å². The van der Waals surface area contributed by atoms with E-state index in [2.05, 4.69) is 11.9 Å². The van der Waals surface area contributed by atoms with E-state index in [0.717, 1.165) is 20.0 Å². The number of carbonyl (C=O) groups excluding carboxylic acids is 2. The Labute approximate surface area is 154 Å². The molecule has 1 fully saturated rings. The number of hydrogen-bond acceptors (Lipinski definition) is 3. The SMILES string of the molecule is COc1ccc2[nH]c(C)c(C(=O)C(=O)N3CCC(C)CC3)c2c1C(F)(F)F. The number of halogens is 3. The third-order valence-corrected chi connectivity index (χ3v) is 5.11. The molecular formula is C19H21F3N2O3. The van der Waals surface area contributed by atoms with E-state index in [0.29, 0.717) is 19.0 Å². The lowest BCUT2D eigenvalue weighted by Gasteiger charge is -2.29. The van der Waals surface area contributed by atoms with Crippen LogP contribution in [0.1, 0.15) is 41.4 Å². The molecule has 0 unspecified atom stereocenters. The van der Waals surface area contributed by atoms with Crippen LogP contribution in [0.4, 0.5) is 13.2 Å². The summed E-state index contributed by atoms with van der Waals surface area (Å²) in [7, 11) is 1.14. The molecular weight excluding hydrogens is 361 g/mol. The summed E-state index contributed by atoms with van der Waals surface area (Å²) in [6.45, 7) is 4.42. The molecule has 1 aliphatic rings. The molecule has 1 aromatic carbocycles. The van der Waals surface area contributed by atoms with Crippen molar-refractivity contribution in [3.8, 4) is 5.75 Å². The van der Waals surface area contributed by atoms with E-state index >= 15 is 0 Å². The summed E-state index contributed by atoms with van der Waals surface area (Å²) >= 11 is 0. The Hall–Kier alpha value is -2.51. The molecule has 1 aliphatic heterocycles. The van der Waals surface area contributed by atoms with E-state index in [9.17, 15) is 22.8 Å². The maximum absolute atomic E-state index is 13.7. The lowest BCUT2D eigenvalue weighted by molar-refractivity contribution is -0.137. The summed E-state index contributed by atoms with van der Waals surface area (Å²) in [6, 6.07) is 2.61. The van der Waals surface area contributed by atoms with Crippen molar-refractivity contribution in [1.29, 1.82) is 0 Å². The van der Waals surface area contributed by atoms with Crippen LogP contribution in [0.2, 0.25) is 0 Å². The van der Waals surface area contributed by atoms with Crippen LogP contribution in [-0.2, 0) is 11.0 Å². The quantitative estimate of drug-likeness (QED) is 0.646. The minimum absolute atomic E-state index is 0.143. The summed E-state index contributed by atoms with van der Waals surface area (Å²) in [5.41, 5.74) is -0.911. The van der Waals surface area contributed by atoms with Crippen LogP contribution >= 0.6 is 0 Å². The van der Waals surface area contributed by atoms with Gasteiger partial charge in [0.15, 0.2) is 0 Å². The number of aromatic nitrogens is 1. The Morgan fingerprint density at radius 1 is 1.22 bits per heavy atom. The fourth-order valence-electron chi connectivity index (χ4n) is 3.60. The Morgan fingerprint density at radius 2 is 1.85 bits per heavy atom. The van der Waals surface area contributed by atoms with Gasteiger partial charge in [-0.3, -0.25) is 9.59 Å². The van der Waals surface area contributed by atoms with Crippen molar-refractivity contribution in [2.45, 2.75) is 32.9 Å². The van der Waals surface area contributed by atoms with Gasteiger partial charge in [0.1, 0.15) is 11.3 Å². The van der Waals surface area contributed by atoms with Crippen molar-refractivity contribution in [2.75, 3.05) is 20.2 Å². The van der Waals surface area contributed by atoms with Crippen molar-refractivity contribution in [1.82, 2.24) is 9.88 Å². The first-order chi connectivity index (χ1) is 12.6. The highest BCUT2D eigenvalue weighted by Crippen LogP contribution is 2.43. The van der Waals surface area contributed by atoms with E-state index in [-0.39, 0.29) is 27.9 Å². The number of Topliss-reactive ketones (excluding diaryl/α,β-unsaturated/α-hetero) is 1. The fourth-order valence-corrected chi connectivity index (χ4v) is 3.60. The zero-order chi connectivity index (χ0) is 19.9. The number of ether oxygens (including phenoxy) is 1. The second kappa shape index (κ2) is 6.90. The third kappa shape index (κ3) is 3.40. The highest BCUT2D eigenvalue weighted by Gasteiger charge is 2.40. The number of nitrogens with one attached hydrogen (secondary N) is 1. The van der Waals surface area contributed by atoms with E-state index in [1.165, 1.54) is 24.0 Å². The van der Waals surface area contributed by atoms with Crippen LogP contribution in [0, 0.1) is 12.8 Å². The molecule has 0 atom stereocenters. The topological polar surface area (TPSA) is 62.4 Å². The Kier molecular flexibility index (Phi) is 4.92. The molecule has 1 N–H and O–H groups in total. The first-order valence-corrected chi connectivity index (χ1v) is 8.75. The van der Waals surface area contributed by atoms with Crippen LogP contribution in [0.3, 0.4) is 0 Å². The van der Waals surface area contributed by atoms with Gasteiger partial charge < -0.3 is 14.6 Å². The molecule has 0 radical (unpaired) electrons. The van der Waals surface area contributed by atoms with Gasteiger partial charge in [-0.25, -0.2) is 0 Å². The second-order valence-electron chi connectivity index (χ2n) is 6.99. The van der Waals surface area contributed by atoms with Crippen LogP contribution in [0.5, 0.6) is 5.75 Å². The molecule has 146 valence electrons. The van der Waals surface area contributed by atoms with Crippen molar-refractivity contribution >= 4 is 22.6 Å². The third-order valence-electron chi connectivity index (χ3n) is 5.11. The Morgan fingerprint density at radius 3 is 2.41 bits per heavy atom. The fraction of sp³-hybridized carbons (Fsp3) is 0.474. The molecule has 2 heterocycles. The number of piperidine rings is 1. The van der Waals surface area contributed by atoms with Crippen molar-refractivity contribution in [2.24, 2.45) is 5.92 Å². The minimum atomic E-state index is -4.74. The normalized spacial score (nSPS) is 16.0. The number of hydrogen-bond donors (Lipinski definition) is 1. The molecule has 2 aromatic rings. The van der Waals surface area contributed by atoms with Gasteiger partial charge in [0.25, 0.3) is 11.7 Å². The Bertz CT molecular complexity index is 894. The van der Waals surface area contributed by atoms with Crippen LogP contribution in [-0.4, -0.2) is 41.8 Å². The van der Waals surface area contributed by atoms with E-state index < -0.39 is 23.4 Å². The summed E-state index contributed by atoms with van der Waals surface area (Å²) in [4.78, 5) is 29.8. The van der Waals surface area contributed by atoms with Gasteiger partial charge in [0, 0.05) is 29.7 Å². The van der Waals surface area contributed by atoms with Crippen molar-refractivity contribution in [3.05, 3.63) is 29.0 Å². The van der Waals surface area contributed by atoms with Gasteiger partial charge in [-0.05, 0) is 37.8 Å². The molecule has 0 aliphatic carbocycles. The average molecular weight is 382 g/mol. The highest BCUT2D eigenvalue weighted by molar-refractivity contribution is 6.45. The van der Waals surface area contributed by atoms with Gasteiger partial charge in [0.2, 0.25) is 0 Å². The second-order valence-corrected chi connectivity index (χ2v) is 6.99. The summed E-state index contributed by atoms with van der Waals surface area (Å²) < 4.78 is 46.0. The molecule has 1 aromatic heterocycles. The zero-order valence-corrected chi connectivity index (χ0v) is 15.4. The van der Waals surface area contributed by atoms with Gasteiger partial charge in [0.05, 0.1) is 12.7 Å². The Balaban J connectivity index is 2.12. The lowest BCUT2D eigenvalue weighted by Crippen LogP contribution is -2.41. The number of amides is 1.